The third-order valence-electron chi connectivity index (χ3n) is 10.2. The van der Waals surface area contributed by atoms with Gasteiger partial charge in [-0.15, -0.1) is 0 Å². The van der Waals surface area contributed by atoms with Crippen LogP contribution in [0.25, 0.3) is 0 Å². The summed E-state index contributed by atoms with van der Waals surface area (Å²) in [5, 5.41) is 25.8. The molecule has 3 saturated heterocycles. The molecule has 12 nitrogen and oxygen atoms in total. The average Bonchev–Trinajstić information content (AvgIpc) is 3.59. The Hall–Kier alpha value is -2.19. The molecule has 1 aliphatic carbocycles. The molecule has 5 aliphatic rings. The van der Waals surface area contributed by atoms with Crippen molar-refractivity contribution in [3.05, 3.63) is 17.7 Å². The van der Waals surface area contributed by atoms with E-state index in [-0.39, 0.29) is 17.1 Å². The van der Waals surface area contributed by atoms with E-state index in [0.717, 1.165) is 5.06 Å². The number of hydrogen-bond acceptors (Lipinski definition) is 11. The van der Waals surface area contributed by atoms with Gasteiger partial charge in [0.1, 0.15) is 29.5 Å². The van der Waals surface area contributed by atoms with Crippen LogP contribution in [0.4, 0.5) is 0 Å². The van der Waals surface area contributed by atoms with Crippen molar-refractivity contribution in [2.75, 3.05) is 42.6 Å². The summed E-state index contributed by atoms with van der Waals surface area (Å²) in [4.78, 5) is 19.0. The Labute approximate surface area is 220 Å². The Morgan fingerprint density at radius 3 is 2.24 bits per heavy atom. The van der Waals surface area contributed by atoms with Crippen LogP contribution in [0.3, 0.4) is 0 Å². The fraction of sp³-hybridized carbons (Fsp3) is 0.731. The highest BCUT2D eigenvalue weighted by atomic mass is 16.8. The van der Waals surface area contributed by atoms with E-state index in [9.17, 15) is 15.0 Å². The molecule has 210 valence electrons. The SMILES string of the molecule is COc1cc(OC)c2c(c1)OC13C(C(C(=O)N(C)OC)[C@@H](O)[C@@]21O)C1OC3C2(C)C(OC)OC(OC)C12C. The minimum absolute atomic E-state index is 0.228. The van der Waals surface area contributed by atoms with Gasteiger partial charge in [0, 0.05) is 39.3 Å². The van der Waals surface area contributed by atoms with E-state index < -0.39 is 70.7 Å². The van der Waals surface area contributed by atoms with Crippen molar-refractivity contribution in [3.63, 3.8) is 0 Å². The van der Waals surface area contributed by atoms with Crippen molar-refractivity contribution in [1.29, 1.82) is 0 Å². The third-order valence-corrected chi connectivity index (χ3v) is 10.2. The Morgan fingerprint density at radius 2 is 1.66 bits per heavy atom. The maximum Gasteiger partial charge on any atom is 0.252 e. The Balaban J connectivity index is 1.64. The predicted molar refractivity (Wildman–Crippen MR) is 127 cm³/mol. The van der Waals surface area contributed by atoms with E-state index in [1.54, 1.807) is 12.1 Å². The lowest BCUT2D eigenvalue weighted by Crippen LogP contribution is -2.70. The Kier molecular flexibility index (Phi) is 5.44. The molecule has 4 aliphatic heterocycles. The number of methoxy groups -OCH3 is 4. The topological polar surface area (TPSA) is 135 Å². The lowest BCUT2D eigenvalue weighted by molar-refractivity contribution is -0.242. The predicted octanol–water partition coefficient (Wildman–Crippen LogP) is 0.418. The molecule has 0 aromatic heterocycles. The zero-order valence-electron chi connectivity index (χ0n) is 22.7. The van der Waals surface area contributed by atoms with Crippen molar-refractivity contribution in [2.24, 2.45) is 22.7 Å². The third kappa shape index (κ3) is 2.41. The maximum absolute atomic E-state index is 13.8. The molecule has 11 atom stereocenters. The van der Waals surface area contributed by atoms with E-state index in [0.29, 0.717) is 5.75 Å². The van der Waals surface area contributed by atoms with Gasteiger partial charge in [-0.05, 0) is 0 Å². The van der Waals surface area contributed by atoms with Crippen molar-refractivity contribution in [2.45, 2.75) is 55.9 Å². The van der Waals surface area contributed by atoms with Gasteiger partial charge < -0.3 is 43.4 Å². The number of aliphatic hydroxyl groups is 2. The van der Waals surface area contributed by atoms with Gasteiger partial charge in [-0.2, -0.15) is 0 Å². The summed E-state index contributed by atoms with van der Waals surface area (Å²) in [5.74, 6) is -1.53. The molecule has 0 radical (unpaired) electrons. The smallest absolute Gasteiger partial charge is 0.252 e. The first-order chi connectivity index (χ1) is 18.0. The molecule has 1 saturated carbocycles. The molecule has 1 spiro atoms. The van der Waals surface area contributed by atoms with E-state index in [2.05, 4.69) is 0 Å². The number of aliphatic hydroxyl groups excluding tert-OH is 1. The second-order valence-electron chi connectivity index (χ2n) is 11.2. The summed E-state index contributed by atoms with van der Waals surface area (Å²) in [5.41, 5.74) is -5.23. The highest BCUT2D eigenvalue weighted by Gasteiger charge is 2.94. The number of carbonyl (C=O) groups is 1. The van der Waals surface area contributed by atoms with E-state index in [1.165, 1.54) is 42.6 Å². The van der Waals surface area contributed by atoms with Gasteiger partial charge in [-0.3, -0.25) is 9.63 Å². The molecule has 9 unspecified atom stereocenters. The summed E-state index contributed by atoms with van der Waals surface area (Å²) in [7, 11) is 8.84. The van der Waals surface area contributed by atoms with Gasteiger partial charge in [0.05, 0.1) is 49.7 Å². The average molecular weight is 538 g/mol. The van der Waals surface area contributed by atoms with Crippen LogP contribution in [0.1, 0.15) is 19.4 Å². The molecule has 1 aromatic rings. The largest absolute Gasteiger partial charge is 0.496 e. The molecular weight excluding hydrogens is 502 g/mol. The maximum atomic E-state index is 13.8. The fourth-order valence-electron chi connectivity index (χ4n) is 8.39. The molecule has 4 heterocycles. The minimum Gasteiger partial charge on any atom is -0.496 e. The summed E-state index contributed by atoms with van der Waals surface area (Å²) >= 11 is 0. The number of ether oxygens (including phenoxy) is 7. The number of benzene rings is 1. The van der Waals surface area contributed by atoms with Crippen LogP contribution < -0.4 is 14.2 Å². The highest BCUT2D eigenvalue weighted by Crippen LogP contribution is 2.80. The van der Waals surface area contributed by atoms with Crippen LogP contribution in [0.15, 0.2) is 12.1 Å². The van der Waals surface area contributed by atoms with E-state index in [1.807, 2.05) is 13.8 Å². The number of fused-ring (bicyclic) bond motifs is 8. The van der Waals surface area contributed by atoms with Gasteiger partial charge in [-0.25, -0.2) is 5.06 Å². The summed E-state index contributed by atoms with van der Waals surface area (Å²) < 4.78 is 42.4. The van der Waals surface area contributed by atoms with Gasteiger partial charge in [0.15, 0.2) is 23.8 Å². The lowest BCUT2D eigenvalue weighted by atomic mass is 9.50. The van der Waals surface area contributed by atoms with Crippen molar-refractivity contribution < 1.29 is 53.0 Å². The monoisotopic (exact) mass is 537 g/mol. The lowest BCUT2D eigenvalue weighted by Gasteiger charge is -2.53. The molecular formula is C26H35NO11. The highest BCUT2D eigenvalue weighted by molar-refractivity contribution is 5.81. The number of nitrogens with zero attached hydrogens (tertiary/aromatic N) is 1. The molecule has 12 heteroatoms. The van der Waals surface area contributed by atoms with Crippen LogP contribution >= 0.6 is 0 Å². The standard InChI is InChI=1S/C26H35NO11/c1-23-18-16-14(19(29)27(3)35-8)17(28)25(30)15-12(32-5)9-11(31-4)10-13(15)38-26(16,25)20(36-18)24(23,2)22(34-7)37-21(23)33-6/h9-10,14,16-18,20-22,28,30H,1-8H3/t14?,16?,17-,18?,20?,21?,22?,23?,24?,25+,26?/m1/s1. The first-order valence-corrected chi connectivity index (χ1v) is 12.5. The van der Waals surface area contributed by atoms with Gasteiger partial charge >= 0.3 is 0 Å². The number of hydrogen-bond donors (Lipinski definition) is 2. The van der Waals surface area contributed by atoms with E-state index in [4.69, 9.17) is 38.0 Å². The molecule has 2 N–H and O–H groups in total. The van der Waals surface area contributed by atoms with Crippen molar-refractivity contribution in [3.8, 4) is 17.2 Å². The number of rotatable bonds is 6. The zero-order valence-corrected chi connectivity index (χ0v) is 22.7. The molecule has 38 heavy (non-hydrogen) atoms. The van der Waals surface area contributed by atoms with Gasteiger partial charge in [0.2, 0.25) is 0 Å². The van der Waals surface area contributed by atoms with E-state index >= 15 is 0 Å². The van der Waals surface area contributed by atoms with Crippen LogP contribution in [-0.2, 0) is 34.2 Å². The Bertz CT molecular complexity index is 1180. The molecule has 4 fully saturated rings. The second-order valence-corrected chi connectivity index (χ2v) is 11.2. The van der Waals surface area contributed by atoms with Crippen molar-refractivity contribution in [1.82, 2.24) is 5.06 Å². The second kappa shape index (κ2) is 7.94. The zero-order chi connectivity index (χ0) is 27.6. The number of amides is 1. The summed E-state index contributed by atoms with van der Waals surface area (Å²) in [6.07, 6.45) is -4.74. The van der Waals surface area contributed by atoms with Crippen LogP contribution in [0.2, 0.25) is 0 Å². The van der Waals surface area contributed by atoms with Gasteiger partial charge in [0.25, 0.3) is 5.91 Å². The summed E-state index contributed by atoms with van der Waals surface area (Å²) in [6, 6.07) is 3.24. The van der Waals surface area contributed by atoms with Gasteiger partial charge in [-0.1, -0.05) is 13.8 Å². The quantitative estimate of drug-likeness (QED) is 0.489. The first kappa shape index (κ1) is 26.1. The van der Waals surface area contributed by atoms with Crippen LogP contribution in [0, 0.1) is 22.7 Å². The fourth-order valence-corrected chi connectivity index (χ4v) is 8.39. The molecule has 2 bridgehead atoms. The van der Waals surface area contributed by atoms with Crippen LogP contribution in [-0.4, -0.2) is 100 Å². The number of carbonyl (C=O) groups excluding carboxylic acids is 1. The van der Waals surface area contributed by atoms with Crippen LogP contribution in [0.5, 0.6) is 17.2 Å². The molecule has 1 amide bonds. The molecule has 1 aromatic carbocycles. The number of hydroxylamine groups is 2. The molecule has 6 rings (SSSR count). The normalized spacial score (nSPS) is 47.3. The first-order valence-electron chi connectivity index (χ1n) is 12.5. The summed E-state index contributed by atoms with van der Waals surface area (Å²) in [6.45, 7) is 3.91. The van der Waals surface area contributed by atoms with Crippen molar-refractivity contribution >= 4 is 5.91 Å². The Morgan fingerprint density at radius 1 is 1.00 bits per heavy atom. The minimum atomic E-state index is -2.10.